The molecule has 0 atom stereocenters. The van der Waals surface area contributed by atoms with Crippen molar-refractivity contribution in [1.29, 1.82) is 0 Å². The lowest BCUT2D eigenvalue weighted by atomic mass is 9.96. The quantitative estimate of drug-likeness (QED) is 0.881. The molecule has 1 aromatic rings. The van der Waals surface area contributed by atoms with Crippen LogP contribution >= 0.6 is 0 Å². The molecule has 1 fully saturated rings. The number of carbonyl (C=O) groups excluding carboxylic acids is 1. The van der Waals surface area contributed by atoms with Gasteiger partial charge in [0.25, 0.3) is 5.91 Å². The van der Waals surface area contributed by atoms with Crippen molar-refractivity contribution >= 4 is 5.91 Å². The average Bonchev–Trinajstić information content (AvgIpc) is 2.70. The average molecular weight is 251 g/mol. The predicted molar refractivity (Wildman–Crippen MR) is 68.5 cm³/mol. The highest BCUT2D eigenvalue weighted by molar-refractivity contribution is 5.96. The maximum absolute atomic E-state index is 12.4. The molecule has 0 spiro atoms. The van der Waals surface area contributed by atoms with Gasteiger partial charge in [0.1, 0.15) is 11.3 Å². The summed E-state index contributed by atoms with van der Waals surface area (Å²) in [6.45, 7) is 6.30. The number of nitrogens with zero attached hydrogens (tertiary/aromatic N) is 2. The SMILES string of the molecule is CNCC1CCN(C(=O)c2c(C)noc2C)CC1. The van der Waals surface area contributed by atoms with Gasteiger partial charge < -0.3 is 14.7 Å². The number of piperidine rings is 1. The topological polar surface area (TPSA) is 58.4 Å². The first-order chi connectivity index (χ1) is 8.63. The van der Waals surface area contributed by atoms with Crippen LogP contribution in [0.2, 0.25) is 0 Å². The van der Waals surface area contributed by atoms with Gasteiger partial charge in [-0.2, -0.15) is 0 Å². The van der Waals surface area contributed by atoms with Crippen LogP contribution in [0, 0.1) is 19.8 Å². The van der Waals surface area contributed by atoms with E-state index in [2.05, 4.69) is 10.5 Å². The van der Waals surface area contributed by atoms with Gasteiger partial charge in [0, 0.05) is 13.1 Å². The van der Waals surface area contributed by atoms with Gasteiger partial charge >= 0.3 is 0 Å². The second-order valence-electron chi connectivity index (χ2n) is 4.99. The van der Waals surface area contributed by atoms with Crippen molar-refractivity contribution in [2.24, 2.45) is 5.92 Å². The number of carbonyl (C=O) groups is 1. The zero-order valence-corrected chi connectivity index (χ0v) is 11.3. The van der Waals surface area contributed by atoms with Gasteiger partial charge in [-0.15, -0.1) is 0 Å². The van der Waals surface area contributed by atoms with Crippen LogP contribution in [-0.4, -0.2) is 42.6 Å². The van der Waals surface area contributed by atoms with E-state index in [0.717, 1.165) is 32.5 Å². The summed E-state index contributed by atoms with van der Waals surface area (Å²) in [6, 6.07) is 0. The van der Waals surface area contributed by atoms with Crippen molar-refractivity contribution in [3.8, 4) is 0 Å². The zero-order valence-electron chi connectivity index (χ0n) is 11.3. The molecule has 1 N–H and O–H groups in total. The van der Waals surface area contributed by atoms with E-state index >= 15 is 0 Å². The Morgan fingerprint density at radius 1 is 1.44 bits per heavy atom. The van der Waals surface area contributed by atoms with E-state index in [1.165, 1.54) is 0 Å². The van der Waals surface area contributed by atoms with Gasteiger partial charge in [0.05, 0.1) is 5.69 Å². The van der Waals surface area contributed by atoms with Gasteiger partial charge in [-0.3, -0.25) is 4.79 Å². The highest BCUT2D eigenvalue weighted by atomic mass is 16.5. The molecule has 1 aliphatic rings. The van der Waals surface area contributed by atoms with Crippen molar-refractivity contribution in [3.63, 3.8) is 0 Å². The summed E-state index contributed by atoms with van der Waals surface area (Å²) < 4.78 is 5.06. The lowest BCUT2D eigenvalue weighted by Crippen LogP contribution is -2.40. The van der Waals surface area contributed by atoms with Crippen molar-refractivity contribution in [2.75, 3.05) is 26.7 Å². The first-order valence-corrected chi connectivity index (χ1v) is 6.50. The van der Waals surface area contributed by atoms with E-state index < -0.39 is 0 Å². The third-order valence-electron chi connectivity index (χ3n) is 3.64. The fourth-order valence-electron chi connectivity index (χ4n) is 2.58. The van der Waals surface area contributed by atoms with E-state index in [4.69, 9.17) is 4.52 Å². The first-order valence-electron chi connectivity index (χ1n) is 6.50. The second-order valence-corrected chi connectivity index (χ2v) is 4.99. The molecular formula is C13H21N3O2. The molecule has 2 heterocycles. The van der Waals surface area contributed by atoms with Gasteiger partial charge in [0.2, 0.25) is 0 Å². The summed E-state index contributed by atoms with van der Waals surface area (Å²) in [5.74, 6) is 1.37. The molecule has 0 radical (unpaired) electrons. The molecule has 0 bridgehead atoms. The Morgan fingerprint density at radius 3 is 2.61 bits per heavy atom. The number of hydrogen-bond donors (Lipinski definition) is 1. The maximum Gasteiger partial charge on any atom is 0.259 e. The smallest absolute Gasteiger partial charge is 0.259 e. The van der Waals surface area contributed by atoms with Crippen molar-refractivity contribution < 1.29 is 9.32 Å². The fraction of sp³-hybridized carbons (Fsp3) is 0.692. The number of aromatic nitrogens is 1. The minimum Gasteiger partial charge on any atom is -0.361 e. The highest BCUT2D eigenvalue weighted by Gasteiger charge is 2.27. The van der Waals surface area contributed by atoms with Crippen LogP contribution in [0.4, 0.5) is 0 Å². The number of hydrogen-bond acceptors (Lipinski definition) is 4. The summed E-state index contributed by atoms with van der Waals surface area (Å²) >= 11 is 0. The number of nitrogens with one attached hydrogen (secondary N) is 1. The van der Waals surface area contributed by atoms with Gasteiger partial charge in [-0.05, 0) is 46.2 Å². The third kappa shape index (κ3) is 2.56. The molecule has 0 aromatic carbocycles. The third-order valence-corrected chi connectivity index (χ3v) is 3.64. The van der Waals surface area contributed by atoms with E-state index in [0.29, 0.717) is 22.9 Å². The molecule has 0 saturated carbocycles. The van der Waals surface area contributed by atoms with Crippen LogP contribution < -0.4 is 5.32 Å². The largest absolute Gasteiger partial charge is 0.361 e. The molecule has 0 unspecified atom stereocenters. The van der Waals surface area contributed by atoms with Crippen molar-refractivity contribution in [2.45, 2.75) is 26.7 Å². The van der Waals surface area contributed by atoms with Crippen LogP contribution in [-0.2, 0) is 0 Å². The van der Waals surface area contributed by atoms with Crippen molar-refractivity contribution in [1.82, 2.24) is 15.4 Å². The summed E-state index contributed by atoms with van der Waals surface area (Å²) in [4.78, 5) is 14.3. The minimum absolute atomic E-state index is 0.0640. The lowest BCUT2D eigenvalue weighted by Gasteiger charge is -2.31. The number of rotatable bonds is 3. The molecule has 2 rings (SSSR count). The van der Waals surface area contributed by atoms with Crippen LogP contribution in [0.5, 0.6) is 0 Å². The molecule has 1 amide bonds. The molecule has 100 valence electrons. The normalized spacial score (nSPS) is 17.2. The summed E-state index contributed by atoms with van der Waals surface area (Å²) in [5, 5.41) is 7.04. The van der Waals surface area contributed by atoms with E-state index in [1.54, 1.807) is 6.92 Å². The Morgan fingerprint density at radius 2 is 2.11 bits per heavy atom. The first kappa shape index (κ1) is 13.1. The molecule has 5 nitrogen and oxygen atoms in total. The molecule has 1 saturated heterocycles. The van der Waals surface area contributed by atoms with E-state index in [1.807, 2.05) is 18.9 Å². The Balaban J connectivity index is 2.00. The molecule has 0 aliphatic carbocycles. The molecule has 18 heavy (non-hydrogen) atoms. The standard InChI is InChI=1S/C13H21N3O2/c1-9-12(10(2)18-15-9)13(17)16-6-4-11(5-7-16)8-14-3/h11,14H,4-8H2,1-3H3. The number of aryl methyl sites for hydroxylation is 2. The highest BCUT2D eigenvalue weighted by Crippen LogP contribution is 2.21. The Kier molecular flexibility index (Phi) is 4.01. The van der Waals surface area contributed by atoms with Gasteiger partial charge in [-0.25, -0.2) is 0 Å². The minimum atomic E-state index is 0.0640. The molecule has 5 heteroatoms. The molecule has 1 aliphatic heterocycles. The van der Waals surface area contributed by atoms with Gasteiger partial charge in [0.15, 0.2) is 0 Å². The van der Waals surface area contributed by atoms with Crippen molar-refractivity contribution in [3.05, 3.63) is 17.0 Å². The second kappa shape index (κ2) is 5.52. The Bertz CT molecular complexity index is 400. The molecule has 1 aromatic heterocycles. The number of amides is 1. The fourth-order valence-corrected chi connectivity index (χ4v) is 2.58. The Hall–Kier alpha value is -1.36. The number of likely N-dealkylation sites (tertiary alicyclic amines) is 1. The Labute approximate surface area is 108 Å². The van der Waals surface area contributed by atoms with Crippen LogP contribution in [0.1, 0.15) is 34.7 Å². The summed E-state index contributed by atoms with van der Waals surface area (Å²) in [7, 11) is 1.97. The zero-order chi connectivity index (χ0) is 13.1. The predicted octanol–water partition coefficient (Wildman–Crippen LogP) is 1.36. The van der Waals surface area contributed by atoms with Crippen LogP contribution in [0.3, 0.4) is 0 Å². The van der Waals surface area contributed by atoms with Gasteiger partial charge in [-0.1, -0.05) is 5.16 Å². The van der Waals surface area contributed by atoms with E-state index in [9.17, 15) is 4.79 Å². The summed E-state index contributed by atoms with van der Waals surface area (Å²) in [5.41, 5.74) is 1.33. The summed E-state index contributed by atoms with van der Waals surface area (Å²) in [6.07, 6.45) is 2.13. The van der Waals surface area contributed by atoms with Crippen LogP contribution in [0.25, 0.3) is 0 Å². The van der Waals surface area contributed by atoms with E-state index in [-0.39, 0.29) is 5.91 Å². The monoisotopic (exact) mass is 251 g/mol. The maximum atomic E-state index is 12.4. The van der Waals surface area contributed by atoms with Crippen LogP contribution in [0.15, 0.2) is 4.52 Å². The lowest BCUT2D eigenvalue weighted by molar-refractivity contribution is 0.0688. The molecular weight excluding hydrogens is 230 g/mol.